The van der Waals surface area contributed by atoms with Gasteiger partial charge >= 0.3 is 0 Å². The van der Waals surface area contributed by atoms with Crippen molar-refractivity contribution in [2.75, 3.05) is 6.54 Å². The molecule has 0 bridgehead atoms. The maximum Gasteiger partial charge on any atom is 0.119 e. The number of nitrogens with one attached hydrogen (secondary N) is 1. The second kappa shape index (κ2) is 8.27. The first kappa shape index (κ1) is 16.9. The molecule has 0 aliphatic heterocycles. The quantitative estimate of drug-likeness (QED) is 0.783. The highest BCUT2D eigenvalue weighted by Crippen LogP contribution is 2.18. The van der Waals surface area contributed by atoms with Crippen molar-refractivity contribution >= 4 is 11.3 Å². The molecule has 1 aromatic heterocycles. The fraction of sp³-hybridized carbons (Fsp3) is 0.471. The van der Waals surface area contributed by atoms with Crippen LogP contribution in [0.5, 0.6) is 5.75 Å². The van der Waals surface area contributed by atoms with Gasteiger partial charge in [-0.25, -0.2) is 4.98 Å². The Balaban J connectivity index is 1.80. The summed E-state index contributed by atoms with van der Waals surface area (Å²) in [6, 6.07) is 7.60. The van der Waals surface area contributed by atoms with Crippen molar-refractivity contribution in [2.24, 2.45) is 0 Å². The Morgan fingerprint density at radius 1 is 1.27 bits per heavy atom. The van der Waals surface area contributed by atoms with E-state index < -0.39 is 6.10 Å². The topological polar surface area (TPSA) is 54.4 Å². The van der Waals surface area contributed by atoms with Crippen molar-refractivity contribution in [1.29, 1.82) is 0 Å². The number of hydrogen-bond donors (Lipinski definition) is 2. The first-order valence-electron chi connectivity index (χ1n) is 7.67. The molecule has 1 atom stereocenters. The molecule has 5 heteroatoms. The molecule has 0 radical (unpaired) electrons. The lowest BCUT2D eigenvalue weighted by atomic mass is 10.1. The summed E-state index contributed by atoms with van der Waals surface area (Å²) in [6.07, 6.45) is 0.596. The molecular formula is C17H24N2O2S. The van der Waals surface area contributed by atoms with Gasteiger partial charge in [-0.2, -0.15) is 0 Å². The van der Waals surface area contributed by atoms with Crippen molar-refractivity contribution < 1.29 is 9.84 Å². The molecule has 0 saturated heterocycles. The smallest absolute Gasteiger partial charge is 0.119 e. The van der Waals surface area contributed by atoms with Crippen LogP contribution in [0, 0.1) is 0 Å². The fourth-order valence-electron chi connectivity index (χ4n) is 2.09. The van der Waals surface area contributed by atoms with Crippen molar-refractivity contribution in [3.63, 3.8) is 0 Å². The number of hydrogen-bond acceptors (Lipinski definition) is 5. The van der Waals surface area contributed by atoms with Crippen LogP contribution < -0.4 is 10.1 Å². The van der Waals surface area contributed by atoms with Crippen LogP contribution in [0.4, 0.5) is 0 Å². The number of benzene rings is 1. The molecule has 1 heterocycles. The molecule has 2 N–H and O–H groups in total. The number of ether oxygens (including phenoxy) is 1. The summed E-state index contributed by atoms with van der Waals surface area (Å²) in [5.74, 6) is 0.827. The molecule has 2 aromatic rings. The van der Waals surface area contributed by atoms with E-state index in [9.17, 15) is 5.11 Å². The van der Waals surface area contributed by atoms with Gasteiger partial charge in [0.05, 0.1) is 22.9 Å². The molecule has 1 aromatic carbocycles. The second-order valence-electron chi connectivity index (χ2n) is 5.47. The lowest BCUT2D eigenvalue weighted by Crippen LogP contribution is -2.21. The summed E-state index contributed by atoms with van der Waals surface area (Å²) >= 11 is 1.68. The SMILES string of the molecule is CCc1nc(CNCC(O)c2ccc(OC(C)C)cc2)cs1. The molecular weight excluding hydrogens is 296 g/mol. The van der Waals surface area contributed by atoms with Gasteiger partial charge in [0.25, 0.3) is 0 Å². The van der Waals surface area contributed by atoms with Crippen LogP contribution in [0.25, 0.3) is 0 Å². The van der Waals surface area contributed by atoms with Gasteiger partial charge < -0.3 is 15.2 Å². The molecule has 0 saturated carbocycles. The molecule has 0 amide bonds. The highest BCUT2D eigenvalue weighted by atomic mass is 32.1. The molecule has 0 aliphatic rings. The van der Waals surface area contributed by atoms with E-state index in [1.54, 1.807) is 11.3 Å². The first-order chi connectivity index (χ1) is 10.6. The van der Waals surface area contributed by atoms with Crippen LogP contribution in [0.15, 0.2) is 29.6 Å². The molecule has 2 rings (SSSR count). The average molecular weight is 320 g/mol. The zero-order valence-electron chi connectivity index (χ0n) is 13.4. The molecule has 1 unspecified atom stereocenters. The van der Waals surface area contributed by atoms with Crippen molar-refractivity contribution in [2.45, 2.75) is 45.9 Å². The number of aliphatic hydroxyl groups excluding tert-OH is 1. The van der Waals surface area contributed by atoms with Gasteiger partial charge in [-0.05, 0) is 38.0 Å². The van der Waals surface area contributed by atoms with Crippen LogP contribution >= 0.6 is 11.3 Å². The van der Waals surface area contributed by atoms with E-state index in [1.165, 1.54) is 0 Å². The number of aryl methyl sites for hydroxylation is 1. The van der Waals surface area contributed by atoms with Crippen LogP contribution in [0.1, 0.15) is 43.1 Å². The Morgan fingerprint density at radius 3 is 2.59 bits per heavy atom. The molecule has 0 fully saturated rings. The third kappa shape index (κ3) is 5.09. The predicted molar refractivity (Wildman–Crippen MR) is 90.4 cm³/mol. The summed E-state index contributed by atoms with van der Waals surface area (Å²) < 4.78 is 5.60. The maximum atomic E-state index is 10.2. The first-order valence-corrected chi connectivity index (χ1v) is 8.55. The van der Waals surface area contributed by atoms with Gasteiger partial charge in [-0.15, -0.1) is 11.3 Å². The summed E-state index contributed by atoms with van der Waals surface area (Å²) in [5.41, 5.74) is 1.92. The largest absolute Gasteiger partial charge is 0.491 e. The minimum absolute atomic E-state index is 0.156. The number of rotatable bonds is 8. The van der Waals surface area contributed by atoms with Crippen LogP contribution in [-0.2, 0) is 13.0 Å². The maximum absolute atomic E-state index is 10.2. The zero-order chi connectivity index (χ0) is 15.9. The lowest BCUT2D eigenvalue weighted by molar-refractivity contribution is 0.174. The van der Waals surface area contributed by atoms with E-state index in [0.717, 1.165) is 28.4 Å². The average Bonchev–Trinajstić information content (AvgIpc) is 2.95. The highest BCUT2D eigenvalue weighted by molar-refractivity contribution is 7.09. The van der Waals surface area contributed by atoms with E-state index in [-0.39, 0.29) is 6.10 Å². The minimum Gasteiger partial charge on any atom is -0.491 e. The van der Waals surface area contributed by atoms with Gasteiger partial charge in [0.1, 0.15) is 5.75 Å². The number of aliphatic hydroxyl groups is 1. The van der Waals surface area contributed by atoms with Gasteiger partial charge in [0.2, 0.25) is 0 Å². The van der Waals surface area contributed by atoms with E-state index in [0.29, 0.717) is 13.1 Å². The summed E-state index contributed by atoms with van der Waals surface area (Å²) in [7, 11) is 0. The van der Waals surface area contributed by atoms with E-state index >= 15 is 0 Å². The normalized spacial score (nSPS) is 12.6. The monoisotopic (exact) mass is 320 g/mol. The van der Waals surface area contributed by atoms with Crippen LogP contribution in [-0.4, -0.2) is 22.7 Å². The van der Waals surface area contributed by atoms with Crippen molar-refractivity contribution in [3.05, 3.63) is 45.9 Å². The lowest BCUT2D eigenvalue weighted by Gasteiger charge is -2.14. The van der Waals surface area contributed by atoms with Gasteiger partial charge in [-0.1, -0.05) is 19.1 Å². The Morgan fingerprint density at radius 2 is 2.00 bits per heavy atom. The highest BCUT2D eigenvalue weighted by Gasteiger charge is 2.08. The molecule has 0 aliphatic carbocycles. The van der Waals surface area contributed by atoms with Gasteiger partial charge in [-0.3, -0.25) is 0 Å². The minimum atomic E-state index is -0.530. The Hall–Kier alpha value is -1.43. The second-order valence-corrected chi connectivity index (χ2v) is 6.41. The molecule has 120 valence electrons. The summed E-state index contributed by atoms with van der Waals surface area (Å²) in [5, 5.41) is 16.7. The number of thiazole rings is 1. The molecule has 4 nitrogen and oxygen atoms in total. The van der Waals surface area contributed by atoms with E-state index in [1.807, 2.05) is 38.1 Å². The van der Waals surface area contributed by atoms with Crippen molar-refractivity contribution in [3.8, 4) is 5.75 Å². The summed E-state index contributed by atoms with van der Waals surface area (Å²) in [4.78, 5) is 4.50. The summed E-state index contributed by atoms with van der Waals surface area (Å²) in [6.45, 7) is 7.28. The Labute approximate surface area is 136 Å². The van der Waals surface area contributed by atoms with Gasteiger partial charge in [0, 0.05) is 18.5 Å². The number of nitrogens with zero attached hydrogens (tertiary/aromatic N) is 1. The van der Waals surface area contributed by atoms with Crippen molar-refractivity contribution in [1.82, 2.24) is 10.3 Å². The number of aromatic nitrogens is 1. The molecule has 22 heavy (non-hydrogen) atoms. The van der Waals surface area contributed by atoms with E-state index in [4.69, 9.17) is 4.74 Å². The third-order valence-corrected chi connectivity index (χ3v) is 4.22. The predicted octanol–water partition coefficient (Wildman–Crippen LogP) is 3.32. The third-order valence-electron chi connectivity index (χ3n) is 3.18. The van der Waals surface area contributed by atoms with Gasteiger partial charge in [0.15, 0.2) is 0 Å². The zero-order valence-corrected chi connectivity index (χ0v) is 14.2. The molecule has 0 spiro atoms. The van der Waals surface area contributed by atoms with E-state index in [2.05, 4.69) is 22.6 Å². The fourth-order valence-corrected chi connectivity index (χ4v) is 2.83. The Bertz CT molecular complexity index is 566. The van der Waals surface area contributed by atoms with Crippen LogP contribution in [0.3, 0.4) is 0 Å². The Kier molecular flexibility index (Phi) is 6.36. The standard InChI is InChI=1S/C17H24N2O2S/c1-4-17-19-14(11-22-17)9-18-10-16(20)13-5-7-15(8-6-13)21-12(2)3/h5-8,11-12,16,18,20H,4,9-10H2,1-3H3. The van der Waals surface area contributed by atoms with Crippen LogP contribution in [0.2, 0.25) is 0 Å².